The van der Waals surface area contributed by atoms with Crippen LogP contribution in [-0.4, -0.2) is 33.1 Å². The Balaban J connectivity index is 2.02. The Bertz CT molecular complexity index is 622. The molecule has 0 saturated heterocycles. The number of carbonyl (C=O) groups excluding carboxylic acids is 1. The van der Waals surface area contributed by atoms with Gasteiger partial charge in [0.2, 0.25) is 10.0 Å². The molecule has 2 N–H and O–H groups in total. The summed E-state index contributed by atoms with van der Waals surface area (Å²) in [4.78, 5) is 11.4. The average Bonchev–Trinajstić information content (AvgIpc) is 3.18. The van der Waals surface area contributed by atoms with Crippen LogP contribution in [0.3, 0.4) is 0 Å². The van der Waals surface area contributed by atoms with E-state index in [4.69, 9.17) is 0 Å². The normalized spacial score (nSPS) is 15.8. The van der Waals surface area contributed by atoms with E-state index >= 15 is 0 Å². The molecule has 0 heterocycles. The first kappa shape index (κ1) is 15.8. The summed E-state index contributed by atoms with van der Waals surface area (Å²) in [5, 5.41) is 1.71. The molecule has 5 nitrogen and oxygen atoms in total. The Morgan fingerprint density at radius 3 is 2.24 bits per heavy atom. The number of rotatable bonds is 5. The van der Waals surface area contributed by atoms with Gasteiger partial charge >= 0.3 is 6.18 Å². The van der Waals surface area contributed by atoms with Crippen LogP contribution in [0, 0.1) is 0 Å². The topological polar surface area (TPSA) is 75.3 Å². The van der Waals surface area contributed by atoms with E-state index in [2.05, 4.69) is 4.72 Å². The Labute approximate surface area is 119 Å². The third-order valence-corrected chi connectivity index (χ3v) is 4.31. The highest BCUT2D eigenvalue weighted by molar-refractivity contribution is 7.89. The largest absolute Gasteiger partial charge is 0.405 e. The van der Waals surface area contributed by atoms with Gasteiger partial charge < -0.3 is 5.32 Å². The lowest BCUT2D eigenvalue weighted by Crippen LogP contribution is -2.33. The van der Waals surface area contributed by atoms with Crippen molar-refractivity contribution in [3.8, 4) is 0 Å². The van der Waals surface area contributed by atoms with Crippen molar-refractivity contribution >= 4 is 15.9 Å². The number of hydrogen-bond donors (Lipinski definition) is 2. The van der Waals surface area contributed by atoms with Crippen LogP contribution in [0.5, 0.6) is 0 Å². The van der Waals surface area contributed by atoms with Crippen molar-refractivity contribution < 1.29 is 26.4 Å². The highest BCUT2D eigenvalue weighted by Crippen LogP contribution is 2.22. The molecule has 9 heteroatoms. The highest BCUT2D eigenvalue weighted by Gasteiger charge is 2.29. The molecule has 0 unspecified atom stereocenters. The molecular weight excluding hydrogens is 309 g/mol. The monoisotopic (exact) mass is 322 g/mol. The number of nitrogens with one attached hydrogen (secondary N) is 2. The zero-order chi connectivity index (χ0) is 15.7. The number of carbonyl (C=O) groups is 1. The summed E-state index contributed by atoms with van der Waals surface area (Å²) in [6, 6.07) is 4.67. The Hall–Kier alpha value is -1.61. The van der Waals surface area contributed by atoms with Gasteiger partial charge in [0, 0.05) is 11.6 Å². The minimum Gasteiger partial charge on any atom is -0.343 e. The van der Waals surface area contributed by atoms with E-state index in [1.165, 1.54) is 24.3 Å². The summed E-state index contributed by atoms with van der Waals surface area (Å²) in [7, 11) is -3.64. The number of halogens is 3. The van der Waals surface area contributed by atoms with Crippen molar-refractivity contribution in [1.29, 1.82) is 0 Å². The number of amides is 1. The molecule has 0 aromatic heterocycles. The van der Waals surface area contributed by atoms with Gasteiger partial charge in [-0.25, -0.2) is 13.1 Å². The summed E-state index contributed by atoms with van der Waals surface area (Å²) in [5.74, 6) is -0.911. The van der Waals surface area contributed by atoms with Gasteiger partial charge in [-0.15, -0.1) is 0 Å². The quantitative estimate of drug-likeness (QED) is 0.861. The van der Waals surface area contributed by atoms with Gasteiger partial charge in [0.1, 0.15) is 6.54 Å². The molecule has 116 valence electrons. The highest BCUT2D eigenvalue weighted by atomic mass is 32.2. The molecule has 0 spiro atoms. The molecular formula is C12H13F3N2O3S. The minimum atomic E-state index is -4.49. The van der Waals surface area contributed by atoms with E-state index in [0.29, 0.717) is 0 Å². The van der Waals surface area contributed by atoms with Crippen LogP contribution in [-0.2, 0) is 10.0 Å². The Morgan fingerprint density at radius 2 is 1.76 bits per heavy atom. The third kappa shape index (κ3) is 4.71. The fourth-order valence-corrected chi connectivity index (χ4v) is 2.86. The molecule has 2 rings (SSSR count). The van der Waals surface area contributed by atoms with Crippen molar-refractivity contribution in [2.45, 2.75) is 30.0 Å². The van der Waals surface area contributed by atoms with Crippen molar-refractivity contribution in [3.63, 3.8) is 0 Å². The van der Waals surface area contributed by atoms with E-state index in [9.17, 15) is 26.4 Å². The van der Waals surface area contributed by atoms with Gasteiger partial charge in [-0.2, -0.15) is 13.2 Å². The van der Waals surface area contributed by atoms with Crippen LogP contribution >= 0.6 is 0 Å². The molecule has 0 bridgehead atoms. The summed E-state index contributed by atoms with van der Waals surface area (Å²) in [6.07, 6.45) is -2.92. The summed E-state index contributed by atoms with van der Waals surface area (Å²) >= 11 is 0. The maximum atomic E-state index is 12.0. The number of hydrogen-bond acceptors (Lipinski definition) is 3. The molecule has 1 aliphatic carbocycles. The maximum absolute atomic E-state index is 12.0. The lowest BCUT2D eigenvalue weighted by Gasteiger charge is -2.09. The van der Waals surface area contributed by atoms with E-state index in [0.717, 1.165) is 12.8 Å². The van der Waals surface area contributed by atoms with E-state index < -0.39 is 28.7 Å². The number of benzene rings is 1. The summed E-state index contributed by atoms with van der Waals surface area (Å²) in [6.45, 7) is -1.44. The molecule has 1 saturated carbocycles. The summed E-state index contributed by atoms with van der Waals surface area (Å²) < 4.78 is 62.1. The number of sulfonamides is 1. The second-order valence-electron chi connectivity index (χ2n) is 4.72. The predicted molar refractivity (Wildman–Crippen MR) is 68.2 cm³/mol. The number of alkyl halides is 3. The van der Waals surface area contributed by atoms with Crippen molar-refractivity contribution in [3.05, 3.63) is 29.8 Å². The molecule has 0 atom stereocenters. The van der Waals surface area contributed by atoms with Gasteiger partial charge in [0.05, 0.1) is 4.90 Å². The molecule has 0 radical (unpaired) electrons. The van der Waals surface area contributed by atoms with Crippen LogP contribution in [0.4, 0.5) is 13.2 Å². The second kappa shape index (κ2) is 5.64. The standard InChI is InChI=1S/C12H13F3N2O3S/c13-12(14,15)7-16-11(18)8-1-5-10(6-2-8)21(19,20)17-9-3-4-9/h1-2,5-6,9,17H,3-4,7H2,(H,16,18). The second-order valence-corrected chi connectivity index (χ2v) is 6.43. The zero-order valence-corrected chi connectivity index (χ0v) is 11.6. The molecule has 21 heavy (non-hydrogen) atoms. The van der Waals surface area contributed by atoms with Gasteiger partial charge in [0.15, 0.2) is 0 Å². The summed E-state index contributed by atoms with van der Waals surface area (Å²) in [5.41, 5.74) is -0.0374. The fraction of sp³-hybridized carbons (Fsp3) is 0.417. The van der Waals surface area contributed by atoms with Gasteiger partial charge in [-0.1, -0.05) is 0 Å². The first-order chi connectivity index (χ1) is 9.67. The SMILES string of the molecule is O=C(NCC(F)(F)F)c1ccc(S(=O)(=O)NC2CC2)cc1. The molecule has 1 fully saturated rings. The van der Waals surface area contributed by atoms with Crippen LogP contribution in [0.15, 0.2) is 29.2 Å². The van der Waals surface area contributed by atoms with Crippen molar-refractivity contribution in [2.75, 3.05) is 6.54 Å². The van der Waals surface area contributed by atoms with E-state index in [1.54, 1.807) is 5.32 Å². The van der Waals surface area contributed by atoms with Crippen LogP contribution in [0.1, 0.15) is 23.2 Å². The first-order valence-electron chi connectivity index (χ1n) is 6.15. The molecule has 1 aromatic rings. The predicted octanol–water partition coefficient (Wildman–Crippen LogP) is 1.42. The minimum absolute atomic E-state index is 0.0261. The fourth-order valence-electron chi connectivity index (χ4n) is 1.56. The smallest absolute Gasteiger partial charge is 0.343 e. The average molecular weight is 322 g/mol. The molecule has 0 aliphatic heterocycles. The van der Waals surface area contributed by atoms with Gasteiger partial charge in [-0.05, 0) is 37.1 Å². The molecule has 1 amide bonds. The lowest BCUT2D eigenvalue weighted by atomic mass is 10.2. The van der Waals surface area contributed by atoms with Gasteiger partial charge in [0.25, 0.3) is 5.91 Å². The maximum Gasteiger partial charge on any atom is 0.405 e. The third-order valence-electron chi connectivity index (χ3n) is 2.78. The first-order valence-corrected chi connectivity index (χ1v) is 7.63. The molecule has 1 aromatic carbocycles. The van der Waals surface area contributed by atoms with Crippen LogP contribution in [0.25, 0.3) is 0 Å². The van der Waals surface area contributed by atoms with E-state index in [1.807, 2.05) is 0 Å². The van der Waals surface area contributed by atoms with Crippen LogP contribution < -0.4 is 10.0 Å². The van der Waals surface area contributed by atoms with Crippen LogP contribution in [0.2, 0.25) is 0 Å². The van der Waals surface area contributed by atoms with Gasteiger partial charge in [-0.3, -0.25) is 4.79 Å². The Kier molecular flexibility index (Phi) is 4.24. The van der Waals surface area contributed by atoms with Crippen molar-refractivity contribution in [1.82, 2.24) is 10.0 Å². The molecule has 1 aliphatic rings. The van der Waals surface area contributed by atoms with Crippen molar-refractivity contribution in [2.24, 2.45) is 0 Å². The lowest BCUT2D eigenvalue weighted by molar-refractivity contribution is -0.123. The Morgan fingerprint density at radius 1 is 1.19 bits per heavy atom. The van der Waals surface area contributed by atoms with E-state index in [-0.39, 0.29) is 16.5 Å². The zero-order valence-electron chi connectivity index (χ0n) is 10.8.